The van der Waals surface area contributed by atoms with Crippen molar-refractivity contribution in [2.24, 2.45) is 0 Å². The molecule has 0 saturated carbocycles. The molecule has 0 spiro atoms. The highest BCUT2D eigenvalue weighted by Crippen LogP contribution is 2.35. The average Bonchev–Trinajstić information content (AvgIpc) is 3.13. The number of carbonyl (C=O) groups excluding carboxylic acids is 2. The first kappa shape index (κ1) is 28.6. The lowest BCUT2D eigenvalue weighted by Gasteiger charge is -2.24. The largest absolute Gasteiger partial charge is 0.493 e. The highest BCUT2D eigenvalue weighted by atomic mass is 127. The zero-order valence-corrected chi connectivity index (χ0v) is 23.8. The lowest BCUT2D eigenvalue weighted by Crippen LogP contribution is -2.37. The van der Waals surface area contributed by atoms with E-state index in [-0.39, 0.29) is 23.8 Å². The zero-order valence-electron chi connectivity index (χ0n) is 20.8. The first-order valence-corrected chi connectivity index (χ1v) is 13.1. The minimum absolute atomic E-state index is 0.0128. The summed E-state index contributed by atoms with van der Waals surface area (Å²) in [4.78, 5) is 29.2. The van der Waals surface area contributed by atoms with Gasteiger partial charge in [0.15, 0.2) is 16.6 Å². The summed E-state index contributed by atoms with van der Waals surface area (Å²) >= 11 is 7.74. The Hall–Kier alpha value is -3.39. The quantitative estimate of drug-likeness (QED) is 0.240. The van der Waals surface area contributed by atoms with Gasteiger partial charge in [-0.25, -0.2) is 0 Å². The normalized spacial score (nSPS) is 15.5. The summed E-state index contributed by atoms with van der Waals surface area (Å²) < 4.78 is 51.8. The third-order valence-corrected chi connectivity index (χ3v) is 7.19. The number of carbonyl (C=O) groups is 2. The van der Waals surface area contributed by atoms with E-state index in [9.17, 15) is 22.8 Å². The van der Waals surface area contributed by atoms with Gasteiger partial charge < -0.3 is 19.7 Å². The van der Waals surface area contributed by atoms with Crippen LogP contribution in [0.15, 0.2) is 66.7 Å². The standard InChI is InChI=1S/C27H23F3IN3O4S/c1-37-22-11-6-16(12-23(22)38-2)15-33-21(14-24(35)32-19-9-7-18(31)8-10-19)25(36)34(26(33)39)20-5-3-4-17(13-20)27(28,29)30/h3-13,21H,14-15H2,1-2H3,(H,32,35). The number of benzene rings is 3. The molecule has 3 aromatic rings. The predicted octanol–water partition coefficient (Wildman–Crippen LogP) is 5.86. The Kier molecular flexibility index (Phi) is 8.64. The lowest BCUT2D eigenvalue weighted by atomic mass is 10.1. The fourth-order valence-corrected chi connectivity index (χ4v) is 4.92. The summed E-state index contributed by atoms with van der Waals surface area (Å²) in [6, 6.07) is 15.6. The van der Waals surface area contributed by atoms with Gasteiger partial charge in [-0.15, -0.1) is 0 Å². The number of methoxy groups -OCH3 is 2. The minimum atomic E-state index is -4.60. The van der Waals surface area contributed by atoms with Crippen LogP contribution < -0.4 is 19.7 Å². The molecular weight excluding hydrogens is 646 g/mol. The second-order valence-electron chi connectivity index (χ2n) is 8.60. The molecule has 39 heavy (non-hydrogen) atoms. The topological polar surface area (TPSA) is 71.1 Å². The molecule has 0 bridgehead atoms. The number of hydrogen-bond donors (Lipinski definition) is 1. The first-order chi connectivity index (χ1) is 18.5. The lowest BCUT2D eigenvalue weighted by molar-refractivity contribution is -0.137. The third kappa shape index (κ3) is 6.44. The first-order valence-electron chi connectivity index (χ1n) is 11.6. The van der Waals surface area contributed by atoms with Crippen LogP contribution in [0.1, 0.15) is 17.5 Å². The van der Waals surface area contributed by atoms with Gasteiger partial charge in [0.1, 0.15) is 6.04 Å². The van der Waals surface area contributed by atoms with E-state index in [1.165, 1.54) is 31.3 Å². The fourth-order valence-electron chi connectivity index (χ4n) is 4.17. The van der Waals surface area contributed by atoms with Crippen LogP contribution in [0.3, 0.4) is 0 Å². The number of amides is 2. The van der Waals surface area contributed by atoms with E-state index in [2.05, 4.69) is 27.9 Å². The maximum Gasteiger partial charge on any atom is 0.416 e. The molecule has 1 atom stereocenters. The number of alkyl halides is 3. The molecule has 1 N–H and O–H groups in total. The minimum Gasteiger partial charge on any atom is -0.493 e. The Morgan fingerprint density at radius 1 is 1.03 bits per heavy atom. The molecule has 204 valence electrons. The Morgan fingerprint density at radius 2 is 1.72 bits per heavy atom. The number of thiocarbonyl (C=S) groups is 1. The Bertz CT molecular complexity index is 1400. The van der Waals surface area contributed by atoms with Crippen LogP contribution >= 0.6 is 34.8 Å². The Labute approximate surface area is 242 Å². The van der Waals surface area contributed by atoms with Crippen LogP contribution in [0, 0.1) is 3.57 Å². The van der Waals surface area contributed by atoms with Crippen molar-refractivity contribution < 1.29 is 32.2 Å². The van der Waals surface area contributed by atoms with E-state index < -0.39 is 29.6 Å². The van der Waals surface area contributed by atoms with Crippen LogP contribution in [-0.2, 0) is 22.3 Å². The van der Waals surface area contributed by atoms with Gasteiger partial charge in [-0.1, -0.05) is 12.1 Å². The Morgan fingerprint density at radius 3 is 2.36 bits per heavy atom. The van der Waals surface area contributed by atoms with Crippen molar-refractivity contribution in [3.8, 4) is 11.5 Å². The molecule has 2 amide bonds. The number of ether oxygens (including phenoxy) is 2. The highest BCUT2D eigenvalue weighted by molar-refractivity contribution is 14.1. The summed E-state index contributed by atoms with van der Waals surface area (Å²) in [7, 11) is 2.99. The molecule has 3 aromatic carbocycles. The van der Waals surface area contributed by atoms with Crippen molar-refractivity contribution in [1.29, 1.82) is 0 Å². The molecule has 7 nitrogen and oxygen atoms in total. The third-order valence-electron chi connectivity index (χ3n) is 6.06. The van der Waals surface area contributed by atoms with Crippen molar-refractivity contribution in [2.45, 2.75) is 25.2 Å². The molecule has 0 radical (unpaired) electrons. The SMILES string of the molecule is COc1ccc(CN2C(=S)N(c3cccc(C(F)(F)F)c3)C(=O)C2CC(=O)Nc2ccc(I)cc2)cc1OC. The van der Waals surface area contributed by atoms with Gasteiger partial charge in [0.2, 0.25) is 5.91 Å². The van der Waals surface area contributed by atoms with Crippen LogP contribution in [0.5, 0.6) is 11.5 Å². The summed E-state index contributed by atoms with van der Waals surface area (Å²) in [5.74, 6) is -0.0901. The number of rotatable bonds is 8. The van der Waals surface area contributed by atoms with Gasteiger partial charge in [-0.2, -0.15) is 13.2 Å². The molecule has 0 aliphatic carbocycles. The van der Waals surface area contributed by atoms with Crippen molar-refractivity contribution in [1.82, 2.24) is 4.90 Å². The summed E-state index contributed by atoms with van der Waals surface area (Å²) in [6.45, 7) is 0.0991. The van der Waals surface area contributed by atoms with Crippen LogP contribution in [0.25, 0.3) is 0 Å². The average molecular weight is 669 g/mol. The second kappa shape index (κ2) is 11.8. The molecule has 1 saturated heterocycles. The zero-order chi connectivity index (χ0) is 28.3. The van der Waals surface area contributed by atoms with E-state index in [0.717, 1.165) is 20.6 Å². The van der Waals surface area contributed by atoms with Crippen LogP contribution in [-0.4, -0.2) is 42.1 Å². The summed E-state index contributed by atoms with van der Waals surface area (Å²) in [5.41, 5.74) is 0.297. The molecule has 0 aromatic heterocycles. The van der Waals surface area contributed by atoms with Crippen LogP contribution in [0.4, 0.5) is 24.5 Å². The number of hydrogen-bond acceptors (Lipinski definition) is 5. The van der Waals surface area contributed by atoms with Crippen molar-refractivity contribution in [2.75, 3.05) is 24.4 Å². The van der Waals surface area contributed by atoms with Gasteiger partial charge in [0.05, 0.1) is 31.9 Å². The molecule has 1 aliphatic heterocycles. The van der Waals surface area contributed by atoms with Crippen molar-refractivity contribution >= 4 is 63.1 Å². The van der Waals surface area contributed by atoms with E-state index in [1.807, 2.05) is 12.1 Å². The van der Waals surface area contributed by atoms with Gasteiger partial charge in [0.25, 0.3) is 5.91 Å². The highest BCUT2D eigenvalue weighted by Gasteiger charge is 2.44. The van der Waals surface area contributed by atoms with Gasteiger partial charge in [-0.05, 0) is 95.0 Å². The predicted molar refractivity (Wildman–Crippen MR) is 153 cm³/mol. The number of nitrogens with zero attached hydrogens (tertiary/aromatic N) is 2. The van der Waals surface area contributed by atoms with Crippen LogP contribution in [0.2, 0.25) is 0 Å². The Balaban J connectivity index is 1.66. The van der Waals surface area contributed by atoms with Gasteiger partial charge >= 0.3 is 6.18 Å². The maximum absolute atomic E-state index is 13.6. The molecule has 12 heteroatoms. The van der Waals surface area contributed by atoms with Crippen molar-refractivity contribution in [3.63, 3.8) is 0 Å². The number of halogens is 4. The van der Waals surface area contributed by atoms with Crippen molar-refractivity contribution in [3.05, 3.63) is 81.4 Å². The monoisotopic (exact) mass is 669 g/mol. The molecule has 1 fully saturated rings. The smallest absolute Gasteiger partial charge is 0.416 e. The molecule has 4 rings (SSSR count). The van der Waals surface area contributed by atoms with Gasteiger partial charge in [0, 0.05) is 15.8 Å². The maximum atomic E-state index is 13.6. The second-order valence-corrected chi connectivity index (χ2v) is 10.2. The molecule has 1 unspecified atom stereocenters. The molecule has 1 aliphatic rings. The summed E-state index contributed by atoms with van der Waals surface area (Å²) in [5, 5.41) is 2.75. The number of anilines is 2. The van der Waals surface area contributed by atoms with E-state index in [0.29, 0.717) is 22.7 Å². The fraction of sp³-hybridized carbons (Fsp3) is 0.222. The van der Waals surface area contributed by atoms with E-state index in [1.54, 1.807) is 30.3 Å². The summed E-state index contributed by atoms with van der Waals surface area (Å²) in [6.07, 6.45) is -4.87. The van der Waals surface area contributed by atoms with E-state index >= 15 is 0 Å². The number of nitrogens with one attached hydrogen (secondary N) is 1. The van der Waals surface area contributed by atoms with Gasteiger partial charge in [-0.3, -0.25) is 14.5 Å². The molecule has 1 heterocycles. The van der Waals surface area contributed by atoms with E-state index in [4.69, 9.17) is 21.7 Å². The molecular formula is C27H23F3IN3O4S.